The lowest BCUT2D eigenvalue weighted by atomic mass is 10.1. The Bertz CT molecular complexity index is 430. The highest BCUT2D eigenvalue weighted by Gasteiger charge is 2.17. The van der Waals surface area contributed by atoms with Crippen LogP contribution in [0.5, 0.6) is 0 Å². The quantitative estimate of drug-likeness (QED) is 0.402. The lowest BCUT2D eigenvalue weighted by Crippen LogP contribution is -2.14. The highest BCUT2D eigenvalue weighted by atomic mass is 17.2. The van der Waals surface area contributed by atoms with Gasteiger partial charge in [-0.1, -0.05) is 12.1 Å². The molecule has 0 fully saturated rings. The summed E-state index contributed by atoms with van der Waals surface area (Å²) in [6.45, 7) is 0.195. The summed E-state index contributed by atoms with van der Waals surface area (Å²) in [6.07, 6.45) is 0. The van der Waals surface area contributed by atoms with Crippen LogP contribution in [0.1, 0.15) is 20.7 Å². The molecule has 104 valence electrons. The number of ether oxygens (including phenoxy) is 1. The van der Waals surface area contributed by atoms with Crippen molar-refractivity contribution in [2.24, 2.45) is 0 Å². The number of aliphatic hydroxyl groups excluding tert-OH is 1. The van der Waals surface area contributed by atoms with Crippen molar-refractivity contribution in [3.8, 4) is 0 Å². The fraction of sp³-hybridized carbons (Fsp3) is 0.333. The van der Waals surface area contributed by atoms with Gasteiger partial charge in [0.05, 0.1) is 30.9 Å². The van der Waals surface area contributed by atoms with E-state index in [0.717, 1.165) is 0 Å². The summed E-state index contributed by atoms with van der Waals surface area (Å²) in [5, 5.41) is 17.3. The van der Waals surface area contributed by atoms with Crippen LogP contribution >= 0.6 is 0 Å². The van der Waals surface area contributed by atoms with E-state index >= 15 is 0 Å². The van der Waals surface area contributed by atoms with Crippen molar-refractivity contribution >= 4 is 11.9 Å². The van der Waals surface area contributed by atoms with Gasteiger partial charge in [-0.15, -0.1) is 0 Å². The van der Waals surface area contributed by atoms with Crippen LogP contribution in [0.3, 0.4) is 0 Å². The first-order chi connectivity index (χ1) is 9.16. The lowest BCUT2D eigenvalue weighted by molar-refractivity contribution is -0.247. The average molecular weight is 270 g/mol. The van der Waals surface area contributed by atoms with Gasteiger partial charge in [-0.2, -0.15) is 4.89 Å². The van der Waals surface area contributed by atoms with E-state index in [1.54, 1.807) is 0 Å². The van der Waals surface area contributed by atoms with Crippen molar-refractivity contribution in [2.45, 2.75) is 0 Å². The van der Waals surface area contributed by atoms with E-state index in [2.05, 4.69) is 9.78 Å². The average Bonchev–Trinajstić information content (AvgIpc) is 2.42. The third kappa shape index (κ3) is 5.04. The molecule has 0 atom stereocenters. The van der Waals surface area contributed by atoms with Gasteiger partial charge in [0, 0.05) is 0 Å². The predicted molar refractivity (Wildman–Crippen MR) is 62.7 cm³/mol. The molecule has 0 bridgehead atoms. The number of aliphatic hydroxyl groups is 1. The molecule has 0 aromatic heterocycles. The minimum atomic E-state index is -1.22. The number of carboxylic acids is 1. The van der Waals surface area contributed by atoms with E-state index < -0.39 is 11.9 Å². The number of benzene rings is 1. The van der Waals surface area contributed by atoms with Crippen LogP contribution in [0.15, 0.2) is 24.3 Å². The Morgan fingerprint density at radius 3 is 2.37 bits per heavy atom. The Hall–Kier alpha value is -1.96. The highest BCUT2D eigenvalue weighted by Crippen LogP contribution is 2.10. The smallest absolute Gasteiger partial charge is 0.373 e. The predicted octanol–water partition coefficient (Wildman–Crippen LogP) is 0.482. The zero-order valence-electron chi connectivity index (χ0n) is 10.1. The number of carbonyl (C=O) groups excluding carboxylic acids is 1. The molecule has 0 aliphatic rings. The van der Waals surface area contributed by atoms with Crippen molar-refractivity contribution in [3.05, 3.63) is 35.4 Å². The second-order valence-electron chi connectivity index (χ2n) is 3.38. The Morgan fingerprint density at radius 1 is 1.05 bits per heavy atom. The summed E-state index contributed by atoms with van der Waals surface area (Å²) >= 11 is 0. The zero-order chi connectivity index (χ0) is 14.1. The summed E-state index contributed by atoms with van der Waals surface area (Å²) in [7, 11) is 0. The molecule has 0 radical (unpaired) electrons. The summed E-state index contributed by atoms with van der Waals surface area (Å²) in [5.41, 5.74) is -0.251. The maximum absolute atomic E-state index is 11.6. The third-order valence-electron chi connectivity index (χ3n) is 2.06. The van der Waals surface area contributed by atoms with E-state index in [1.165, 1.54) is 24.3 Å². The van der Waals surface area contributed by atoms with Gasteiger partial charge < -0.3 is 14.9 Å². The van der Waals surface area contributed by atoms with E-state index in [-0.39, 0.29) is 37.6 Å². The molecule has 0 aliphatic heterocycles. The van der Waals surface area contributed by atoms with Gasteiger partial charge in [-0.05, 0) is 12.1 Å². The van der Waals surface area contributed by atoms with Crippen LogP contribution in [0.4, 0.5) is 0 Å². The number of carboxylic acid groups (broad SMARTS) is 1. The van der Waals surface area contributed by atoms with Crippen LogP contribution in [0.2, 0.25) is 0 Å². The topological polar surface area (TPSA) is 102 Å². The van der Waals surface area contributed by atoms with Crippen LogP contribution in [0.25, 0.3) is 0 Å². The largest absolute Gasteiger partial charge is 0.478 e. The monoisotopic (exact) mass is 270 g/mol. The molecule has 7 heteroatoms. The number of rotatable bonds is 8. The van der Waals surface area contributed by atoms with Crippen molar-refractivity contribution in [1.82, 2.24) is 0 Å². The van der Waals surface area contributed by atoms with Gasteiger partial charge in [0.25, 0.3) is 0 Å². The highest BCUT2D eigenvalue weighted by molar-refractivity contribution is 6.02. The van der Waals surface area contributed by atoms with Gasteiger partial charge in [0.15, 0.2) is 0 Å². The minimum absolute atomic E-state index is 0.0129. The molecule has 0 heterocycles. The van der Waals surface area contributed by atoms with Crippen LogP contribution < -0.4 is 0 Å². The Morgan fingerprint density at radius 2 is 1.74 bits per heavy atom. The molecule has 2 N–H and O–H groups in total. The van der Waals surface area contributed by atoms with Gasteiger partial charge in [0.2, 0.25) is 0 Å². The molecule has 0 saturated heterocycles. The van der Waals surface area contributed by atoms with Crippen LogP contribution in [-0.4, -0.2) is 48.6 Å². The summed E-state index contributed by atoms with van der Waals surface area (Å²) < 4.78 is 4.87. The summed E-state index contributed by atoms with van der Waals surface area (Å²) in [6, 6.07) is 5.65. The molecule has 0 amide bonds. The maximum Gasteiger partial charge on any atom is 0.373 e. The van der Waals surface area contributed by atoms with Gasteiger partial charge in [-0.3, -0.25) is 4.89 Å². The second kappa shape index (κ2) is 8.20. The molecule has 19 heavy (non-hydrogen) atoms. The second-order valence-corrected chi connectivity index (χ2v) is 3.38. The van der Waals surface area contributed by atoms with Crippen LogP contribution in [-0.2, 0) is 14.5 Å². The lowest BCUT2D eigenvalue weighted by Gasteiger charge is -2.06. The van der Waals surface area contributed by atoms with E-state index in [9.17, 15) is 9.59 Å². The molecule has 0 aliphatic carbocycles. The first kappa shape index (κ1) is 15.1. The van der Waals surface area contributed by atoms with E-state index in [0.29, 0.717) is 0 Å². The SMILES string of the molecule is O=C(O)c1ccccc1C(=O)OOCCOCCO. The molecule has 1 aromatic rings. The van der Waals surface area contributed by atoms with E-state index in [4.69, 9.17) is 14.9 Å². The molecule has 0 unspecified atom stereocenters. The van der Waals surface area contributed by atoms with Gasteiger partial charge in [-0.25, -0.2) is 9.59 Å². The zero-order valence-corrected chi connectivity index (χ0v) is 10.1. The normalized spacial score (nSPS) is 10.2. The standard InChI is InChI=1S/C12H14O7/c13-5-6-17-7-8-18-19-12(16)10-4-2-1-3-9(10)11(14)15/h1-4,13H,5-8H2,(H,14,15). The number of aromatic carboxylic acids is 1. The molecular weight excluding hydrogens is 256 g/mol. The number of carbonyl (C=O) groups is 2. The Balaban J connectivity index is 2.43. The molecular formula is C12H14O7. The molecule has 1 aromatic carbocycles. The van der Waals surface area contributed by atoms with Gasteiger partial charge in [0.1, 0.15) is 6.61 Å². The first-order valence-corrected chi connectivity index (χ1v) is 5.51. The minimum Gasteiger partial charge on any atom is -0.478 e. The summed E-state index contributed by atoms with van der Waals surface area (Å²) in [4.78, 5) is 31.5. The fourth-order valence-electron chi connectivity index (χ4n) is 1.25. The van der Waals surface area contributed by atoms with E-state index in [1.807, 2.05) is 0 Å². The van der Waals surface area contributed by atoms with Crippen LogP contribution in [0, 0.1) is 0 Å². The maximum atomic E-state index is 11.6. The van der Waals surface area contributed by atoms with Crippen molar-refractivity contribution in [2.75, 3.05) is 26.4 Å². The molecule has 0 spiro atoms. The molecule has 7 nitrogen and oxygen atoms in total. The fourth-order valence-corrected chi connectivity index (χ4v) is 1.25. The van der Waals surface area contributed by atoms with Crippen molar-refractivity contribution in [1.29, 1.82) is 0 Å². The number of hydrogen-bond acceptors (Lipinski definition) is 6. The Labute approximate surface area is 109 Å². The molecule has 0 saturated carbocycles. The molecule has 1 rings (SSSR count). The van der Waals surface area contributed by atoms with Crippen molar-refractivity contribution in [3.63, 3.8) is 0 Å². The number of hydrogen-bond donors (Lipinski definition) is 2. The Kier molecular flexibility index (Phi) is 6.51. The van der Waals surface area contributed by atoms with Gasteiger partial charge >= 0.3 is 11.9 Å². The first-order valence-electron chi connectivity index (χ1n) is 5.51. The third-order valence-corrected chi connectivity index (χ3v) is 2.06. The van der Waals surface area contributed by atoms with Crippen molar-refractivity contribution < 1.29 is 34.3 Å². The summed E-state index contributed by atoms with van der Waals surface area (Å²) in [5.74, 6) is -2.11.